The highest BCUT2D eigenvalue weighted by Gasteiger charge is 2.17. The molecule has 1 unspecified atom stereocenters. The van der Waals surface area contributed by atoms with Crippen molar-refractivity contribution in [2.45, 2.75) is 24.8 Å². The SMILES string of the molecule is Clc1ccc(CN2CCCC(Cl)C2)cc1Cl. The minimum Gasteiger partial charge on any atom is -0.298 e. The Morgan fingerprint density at radius 3 is 2.75 bits per heavy atom. The third-order valence-electron chi connectivity index (χ3n) is 2.84. The van der Waals surface area contributed by atoms with E-state index in [4.69, 9.17) is 34.8 Å². The maximum absolute atomic E-state index is 6.15. The summed E-state index contributed by atoms with van der Waals surface area (Å²) in [6, 6.07) is 5.80. The third-order valence-corrected chi connectivity index (χ3v) is 3.93. The van der Waals surface area contributed by atoms with Crippen molar-refractivity contribution in [2.75, 3.05) is 13.1 Å². The average molecular weight is 279 g/mol. The molecule has 1 atom stereocenters. The van der Waals surface area contributed by atoms with Crippen LogP contribution in [0.5, 0.6) is 0 Å². The summed E-state index contributed by atoms with van der Waals surface area (Å²) >= 11 is 18.0. The monoisotopic (exact) mass is 277 g/mol. The van der Waals surface area contributed by atoms with Gasteiger partial charge in [0.05, 0.1) is 10.0 Å². The van der Waals surface area contributed by atoms with Gasteiger partial charge in [-0.2, -0.15) is 0 Å². The fourth-order valence-corrected chi connectivity index (χ4v) is 2.71. The summed E-state index contributed by atoms with van der Waals surface area (Å²) in [4.78, 5) is 2.36. The Bertz CT molecular complexity index is 367. The molecule has 0 saturated carbocycles. The van der Waals surface area contributed by atoms with E-state index < -0.39 is 0 Å². The largest absolute Gasteiger partial charge is 0.298 e. The molecular formula is C12H14Cl3N. The van der Waals surface area contributed by atoms with Crippen molar-refractivity contribution < 1.29 is 0 Å². The van der Waals surface area contributed by atoms with Crippen LogP contribution < -0.4 is 0 Å². The molecule has 1 aromatic carbocycles. The predicted octanol–water partition coefficient (Wildman–Crippen LogP) is 4.20. The van der Waals surface area contributed by atoms with E-state index in [1.54, 1.807) is 0 Å². The van der Waals surface area contributed by atoms with Crippen LogP contribution in [-0.2, 0) is 6.54 Å². The lowest BCUT2D eigenvalue weighted by Crippen LogP contribution is -2.35. The molecule has 0 amide bonds. The highest BCUT2D eigenvalue weighted by Crippen LogP contribution is 2.24. The summed E-state index contributed by atoms with van der Waals surface area (Å²) in [5, 5.41) is 1.52. The average Bonchev–Trinajstić information content (AvgIpc) is 2.24. The first kappa shape index (κ1) is 12.5. The second kappa shape index (κ2) is 5.59. The second-order valence-electron chi connectivity index (χ2n) is 4.22. The molecule has 1 saturated heterocycles. The van der Waals surface area contributed by atoms with Gasteiger partial charge in [-0.15, -0.1) is 11.6 Å². The molecule has 0 N–H and O–H groups in total. The first-order chi connectivity index (χ1) is 7.65. The highest BCUT2D eigenvalue weighted by molar-refractivity contribution is 6.42. The lowest BCUT2D eigenvalue weighted by molar-refractivity contribution is 0.224. The van der Waals surface area contributed by atoms with Gasteiger partial charge in [0.2, 0.25) is 0 Å². The lowest BCUT2D eigenvalue weighted by Gasteiger charge is -2.29. The Morgan fingerprint density at radius 1 is 1.25 bits per heavy atom. The summed E-state index contributed by atoms with van der Waals surface area (Å²) < 4.78 is 0. The topological polar surface area (TPSA) is 3.24 Å². The normalized spacial score (nSPS) is 22.3. The van der Waals surface area contributed by atoms with Crippen LogP contribution in [0.1, 0.15) is 18.4 Å². The molecule has 1 heterocycles. The highest BCUT2D eigenvalue weighted by atomic mass is 35.5. The van der Waals surface area contributed by atoms with Gasteiger partial charge in [-0.05, 0) is 37.1 Å². The Labute approximate surface area is 111 Å². The summed E-state index contributed by atoms with van der Waals surface area (Å²) in [6.45, 7) is 2.98. The van der Waals surface area contributed by atoms with E-state index in [0.717, 1.165) is 26.1 Å². The van der Waals surface area contributed by atoms with Crippen LogP contribution in [0.25, 0.3) is 0 Å². The molecule has 4 heteroatoms. The number of nitrogens with zero attached hydrogens (tertiary/aromatic N) is 1. The first-order valence-electron chi connectivity index (χ1n) is 5.45. The van der Waals surface area contributed by atoms with E-state index in [2.05, 4.69) is 4.90 Å². The van der Waals surface area contributed by atoms with Crippen LogP contribution in [0.3, 0.4) is 0 Å². The van der Waals surface area contributed by atoms with Gasteiger partial charge in [-0.25, -0.2) is 0 Å². The Kier molecular flexibility index (Phi) is 4.37. The van der Waals surface area contributed by atoms with E-state index in [1.807, 2.05) is 18.2 Å². The van der Waals surface area contributed by atoms with E-state index in [9.17, 15) is 0 Å². The standard InChI is InChI=1S/C12H14Cl3N/c13-10-2-1-5-16(8-10)7-9-3-4-11(14)12(15)6-9/h3-4,6,10H,1-2,5,7-8H2. The smallest absolute Gasteiger partial charge is 0.0595 e. The number of benzene rings is 1. The zero-order chi connectivity index (χ0) is 11.5. The Hall–Kier alpha value is 0.0500. The molecule has 0 bridgehead atoms. The van der Waals surface area contributed by atoms with Crippen LogP contribution >= 0.6 is 34.8 Å². The number of halogens is 3. The van der Waals surface area contributed by atoms with E-state index in [1.165, 1.54) is 12.0 Å². The van der Waals surface area contributed by atoms with Crippen LogP contribution in [0.15, 0.2) is 18.2 Å². The van der Waals surface area contributed by atoms with Crippen molar-refractivity contribution in [1.82, 2.24) is 4.90 Å². The molecule has 88 valence electrons. The van der Waals surface area contributed by atoms with Gasteiger partial charge in [-0.1, -0.05) is 29.3 Å². The van der Waals surface area contributed by atoms with Crippen molar-refractivity contribution >= 4 is 34.8 Å². The van der Waals surface area contributed by atoms with Gasteiger partial charge in [0.25, 0.3) is 0 Å². The van der Waals surface area contributed by atoms with Crippen molar-refractivity contribution in [3.8, 4) is 0 Å². The number of rotatable bonds is 2. The molecule has 16 heavy (non-hydrogen) atoms. The van der Waals surface area contributed by atoms with Crippen molar-refractivity contribution in [3.05, 3.63) is 33.8 Å². The molecule has 1 aliphatic heterocycles. The maximum Gasteiger partial charge on any atom is 0.0595 e. The van der Waals surface area contributed by atoms with E-state index >= 15 is 0 Å². The van der Waals surface area contributed by atoms with Crippen molar-refractivity contribution in [3.63, 3.8) is 0 Å². The zero-order valence-electron chi connectivity index (χ0n) is 8.93. The van der Waals surface area contributed by atoms with Gasteiger partial charge >= 0.3 is 0 Å². The molecule has 1 nitrogen and oxygen atoms in total. The van der Waals surface area contributed by atoms with E-state index in [-0.39, 0.29) is 5.38 Å². The minimum atomic E-state index is 0.288. The lowest BCUT2D eigenvalue weighted by atomic mass is 10.1. The maximum atomic E-state index is 6.15. The number of likely N-dealkylation sites (tertiary alicyclic amines) is 1. The number of piperidine rings is 1. The van der Waals surface area contributed by atoms with Gasteiger partial charge < -0.3 is 0 Å². The Balaban J connectivity index is 2.00. The first-order valence-corrected chi connectivity index (χ1v) is 6.65. The van der Waals surface area contributed by atoms with Gasteiger partial charge in [0, 0.05) is 18.5 Å². The summed E-state index contributed by atoms with van der Waals surface area (Å²) in [7, 11) is 0. The van der Waals surface area contributed by atoms with Gasteiger partial charge in [0.1, 0.15) is 0 Å². The fourth-order valence-electron chi connectivity index (χ4n) is 2.04. The van der Waals surface area contributed by atoms with Crippen LogP contribution in [0, 0.1) is 0 Å². The van der Waals surface area contributed by atoms with Crippen LogP contribution in [0.4, 0.5) is 0 Å². The number of hydrogen-bond acceptors (Lipinski definition) is 1. The second-order valence-corrected chi connectivity index (χ2v) is 5.65. The third kappa shape index (κ3) is 3.27. The number of alkyl halides is 1. The minimum absolute atomic E-state index is 0.288. The van der Waals surface area contributed by atoms with Gasteiger partial charge in [-0.3, -0.25) is 4.90 Å². The summed E-state index contributed by atoms with van der Waals surface area (Å²) in [5.41, 5.74) is 1.19. The molecule has 1 fully saturated rings. The Morgan fingerprint density at radius 2 is 2.06 bits per heavy atom. The molecule has 1 aromatic rings. The zero-order valence-corrected chi connectivity index (χ0v) is 11.2. The summed E-state index contributed by atoms with van der Waals surface area (Å²) in [6.07, 6.45) is 2.30. The fraction of sp³-hybridized carbons (Fsp3) is 0.500. The molecule has 1 aliphatic rings. The molecule has 0 radical (unpaired) electrons. The van der Waals surface area contributed by atoms with Crippen molar-refractivity contribution in [1.29, 1.82) is 0 Å². The van der Waals surface area contributed by atoms with Crippen LogP contribution in [0.2, 0.25) is 10.0 Å². The predicted molar refractivity (Wildman–Crippen MR) is 70.6 cm³/mol. The molecule has 2 rings (SSSR count). The molecule has 0 aromatic heterocycles. The van der Waals surface area contributed by atoms with Crippen LogP contribution in [-0.4, -0.2) is 23.4 Å². The van der Waals surface area contributed by atoms with Gasteiger partial charge in [0.15, 0.2) is 0 Å². The molecular weight excluding hydrogens is 264 g/mol. The quantitative estimate of drug-likeness (QED) is 0.733. The number of hydrogen-bond donors (Lipinski definition) is 0. The van der Waals surface area contributed by atoms with Crippen molar-refractivity contribution in [2.24, 2.45) is 0 Å². The molecule has 0 aliphatic carbocycles. The summed E-state index contributed by atoms with van der Waals surface area (Å²) in [5.74, 6) is 0. The van der Waals surface area contributed by atoms with E-state index in [0.29, 0.717) is 10.0 Å². The molecule has 0 spiro atoms.